The molecule has 0 bridgehead atoms. The number of para-hydroxylation sites is 2. The van der Waals surface area contributed by atoms with E-state index in [1.165, 1.54) is 31.0 Å². The average Bonchev–Trinajstić information content (AvgIpc) is 3.04. The minimum atomic E-state index is 0.0532. The van der Waals surface area contributed by atoms with Gasteiger partial charge in [0.05, 0.1) is 17.7 Å². The van der Waals surface area contributed by atoms with Gasteiger partial charge in [0.2, 0.25) is 0 Å². The first kappa shape index (κ1) is 18.8. The molecule has 5 heteroatoms. The van der Waals surface area contributed by atoms with Crippen molar-refractivity contribution in [1.82, 2.24) is 4.90 Å². The number of carbonyl (C=O) groups is 1. The number of amides is 1. The summed E-state index contributed by atoms with van der Waals surface area (Å²) < 4.78 is 5.45. The Kier molecular flexibility index (Phi) is 5.81. The molecule has 0 aromatic heterocycles. The van der Waals surface area contributed by atoms with Crippen LogP contribution in [0, 0.1) is 0 Å². The van der Waals surface area contributed by atoms with E-state index in [4.69, 9.17) is 9.73 Å². The molecule has 1 saturated heterocycles. The molecule has 1 saturated carbocycles. The Bertz CT molecular complexity index is 902. The van der Waals surface area contributed by atoms with Gasteiger partial charge < -0.3 is 4.74 Å². The Hall–Kier alpha value is -2.53. The maximum absolute atomic E-state index is 13.3. The molecular formula is C23H24N2O2S. The standard InChI is InChI=1S/C23H24N2O2S/c1-27-20-15-9-8-10-17(20)16-21-22(26)25(19-13-6-3-7-14-19)23(28-21)24-18-11-4-2-5-12-18/h2,4-5,8-12,15-16,19H,3,6-7,13-14H2,1H3/b21-16-,24-23?. The van der Waals surface area contributed by atoms with Crippen LogP contribution in [0.3, 0.4) is 0 Å². The highest BCUT2D eigenvalue weighted by atomic mass is 32.2. The third-order valence-corrected chi connectivity index (χ3v) is 6.17. The van der Waals surface area contributed by atoms with Gasteiger partial charge in [-0.15, -0.1) is 0 Å². The number of hydrogen-bond donors (Lipinski definition) is 0. The van der Waals surface area contributed by atoms with Gasteiger partial charge in [-0.3, -0.25) is 9.69 Å². The highest BCUT2D eigenvalue weighted by Gasteiger charge is 2.38. The largest absolute Gasteiger partial charge is 0.496 e. The van der Waals surface area contributed by atoms with Crippen molar-refractivity contribution < 1.29 is 9.53 Å². The summed E-state index contributed by atoms with van der Waals surface area (Å²) in [5.41, 5.74) is 1.78. The summed E-state index contributed by atoms with van der Waals surface area (Å²) in [5, 5.41) is 0.782. The molecule has 1 aliphatic carbocycles. The van der Waals surface area contributed by atoms with Gasteiger partial charge in [0.1, 0.15) is 5.75 Å². The van der Waals surface area contributed by atoms with Crippen LogP contribution in [0.25, 0.3) is 6.08 Å². The fourth-order valence-electron chi connectivity index (χ4n) is 3.77. The normalized spacial score (nSPS) is 20.9. The zero-order valence-electron chi connectivity index (χ0n) is 16.0. The SMILES string of the molecule is COc1ccccc1/C=C1\SC(=Nc2ccccc2)N(C2CCCCC2)C1=O. The van der Waals surface area contributed by atoms with Crippen molar-refractivity contribution in [3.8, 4) is 5.75 Å². The summed E-state index contributed by atoms with van der Waals surface area (Å²) in [7, 11) is 1.65. The van der Waals surface area contributed by atoms with E-state index in [9.17, 15) is 4.79 Å². The molecule has 2 aromatic rings. The number of nitrogens with zero attached hydrogens (tertiary/aromatic N) is 2. The number of hydrogen-bond acceptors (Lipinski definition) is 4. The summed E-state index contributed by atoms with van der Waals surface area (Å²) in [6.07, 6.45) is 7.60. The summed E-state index contributed by atoms with van der Waals surface area (Å²) in [6.45, 7) is 0. The smallest absolute Gasteiger partial charge is 0.267 e. The number of ether oxygens (including phenoxy) is 1. The molecule has 1 amide bonds. The Morgan fingerprint density at radius 3 is 2.50 bits per heavy atom. The zero-order valence-corrected chi connectivity index (χ0v) is 16.8. The summed E-state index contributed by atoms with van der Waals surface area (Å²) in [5.74, 6) is 0.818. The Morgan fingerprint density at radius 1 is 1.04 bits per heavy atom. The molecule has 144 valence electrons. The fraction of sp³-hybridized carbons (Fsp3) is 0.304. The first-order chi connectivity index (χ1) is 13.8. The fourth-order valence-corrected chi connectivity index (χ4v) is 4.82. The molecule has 4 rings (SSSR count). The third-order valence-electron chi connectivity index (χ3n) is 5.18. The van der Waals surface area contributed by atoms with Crippen LogP contribution in [-0.4, -0.2) is 29.1 Å². The maximum atomic E-state index is 13.3. The Morgan fingerprint density at radius 2 is 1.75 bits per heavy atom. The number of rotatable bonds is 4. The topological polar surface area (TPSA) is 41.9 Å². The van der Waals surface area contributed by atoms with E-state index in [1.807, 2.05) is 65.6 Å². The summed E-state index contributed by atoms with van der Waals surface area (Å²) in [6, 6.07) is 17.9. The van der Waals surface area contributed by atoms with Crippen LogP contribution in [0.2, 0.25) is 0 Å². The van der Waals surface area contributed by atoms with Crippen LogP contribution in [0.5, 0.6) is 5.75 Å². The molecule has 4 nitrogen and oxygen atoms in total. The van der Waals surface area contributed by atoms with Crippen LogP contribution >= 0.6 is 11.8 Å². The first-order valence-electron chi connectivity index (χ1n) is 9.76. The van der Waals surface area contributed by atoms with E-state index < -0.39 is 0 Å². The number of carbonyl (C=O) groups excluding carboxylic acids is 1. The van der Waals surface area contributed by atoms with E-state index in [-0.39, 0.29) is 11.9 Å². The van der Waals surface area contributed by atoms with Crippen LogP contribution in [0.15, 0.2) is 64.5 Å². The van der Waals surface area contributed by atoms with Gasteiger partial charge in [0, 0.05) is 11.6 Å². The zero-order chi connectivity index (χ0) is 19.3. The van der Waals surface area contributed by atoms with Crippen LogP contribution in [0.1, 0.15) is 37.7 Å². The number of methoxy groups -OCH3 is 1. The highest BCUT2D eigenvalue weighted by molar-refractivity contribution is 8.18. The van der Waals surface area contributed by atoms with E-state index in [0.29, 0.717) is 4.91 Å². The molecule has 2 aromatic carbocycles. The van der Waals surface area contributed by atoms with Gasteiger partial charge in [-0.25, -0.2) is 4.99 Å². The van der Waals surface area contributed by atoms with E-state index >= 15 is 0 Å². The molecule has 2 fully saturated rings. The van der Waals surface area contributed by atoms with Crippen LogP contribution < -0.4 is 4.74 Å². The van der Waals surface area contributed by atoms with E-state index in [0.717, 1.165) is 35.0 Å². The monoisotopic (exact) mass is 392 g/mol. The van der Waals surface area contributed by atoms with Crippen molar-refractivity contribution in [2.24, 2.45) is 4.99 Å². The average molecular weight is 393 g/mol. The molecule has 0 unspecified atom stereocenters. The maximum Gasteiger partial charge on any atom is 0.267 e. The molecule has 0 atom stereocenters. The third kappa shape index (κ3) is 3.99. The molecular weight excluding hydrogens is 368 g/mol. The number of aliphatic imine (C=N–C) groups is 1. The van der Waals surface area contributed by atoms with Gasteiger partial charge in [-0.1, -0.05) is 55.7 Å². The van der Waals surface area contributed by atoms with Gasteiger partial charge in [0.25, 0.3) is 5.91 Å². The summed E-state index contributed by atoms with van der Waals surface area (Å²) in [4.78, 5) is 20.8. The summed E-state index contributed by atoms with van der Waals surface area (Å²) >= 11 is 1.46. The number of benzene rings is 2. The Balaban J connectivity index is 1.71. The van der Waals surface area contributed by atoms with Gasteiger partial charge in [-0.2, -0.15) is 0 Å². The van der Waals surface area contributed by atoms with Crippen molar-refractivity contribution in [3.63, 3.8) is 0 Å². The van der Waals surface area contributed by atoms with Crippen molar-refractivity contribution in [1.29, 1.82) is 0 Å². The predicted molar refractivity (Wildman–Crippen MR) is 116 cm³/mol. The van der Waals surface area contributed by atoms with Crippen LogP contribution in [0.4, 0.5) is 5.69 Å². The highest BCUT2D eigenvalue weighted by Crippen LogP contribution is 2.39. The molecule has 28 heavy (non-hydrogen) atoms. The lowest BCUT2D eigenvalue weighted by atomic mass is 9.94. The lowest BCUT2D eigenvalue weighted by Gasteiger charge is -2.30. The van der Waals surface area contributed by atoms with Gasteiger partial charge in [-0.05, 0) is 48.9 Å². The van der Waals surface area contributed by atoms with E-state index in [1.54, 1.807) is 7.11 Å². The second kappa shape index (κ2) is 8.65. The second-order valence-corrected chi connectivity index (χ2v) is 8.06. The minimum Gasteiger partial charge on any atom is -0.496 e. The minimum absolute atomic E-state index is 0.0532. The van der Waals surface area contributed by atoms with Crippen molar-refractivity contribution in [3.05, 3.63) is 65.1 Å². The second-order valence-electron chi connectivity index (χ2n) is 7.05. The Labute approximate surface area is 170 Å². The first-order valence-corrected chi connectivity index (χ1v) is 10.6. The van der Waals surface area contributed by atoms with Gasteiger partial charge in [0.15, 0.2) is 5.17 Å². The molecule has 1 heterocycles. The van der Waals surface area contributed by atoms with Crippen molar-refractivity contribution in [2.75, 3.05) is 7.11 Å². The molecule has 0 spiro atoms. The molecule has 0 N–H and O–H groups in total. The predicted octanol–water partition coefficient (Wildman–Crippen LogP) is 5.63. The van der Waals surface area contributed by atoms with Crippen molar-refractivity contribution in [2.45, 2.75) is 38.1 Å². The molecule has 2 aliphatic rings. The van der Waals surface area contributed by atoms with Crippen LogP contribution in [-0.2, 0) is 4.79 Å². The van der Waals surface area contributed by atoms with Crippen molar-refractivity contribution >= 4 is 34.6 Å². The number of amidine groups is 1. The number of thioether (sulfide) groups is 1. The molecule has 0 radical (unpaired) electrons. The van der Waals surface area contributed by atoms with Gasteiger partial charge >= 0.3 is 0 Å². The molecule has 1 aliphatic heterocycles. The lowest BCUT2D eigenvalue weighted by molar-refractivity contribution is -0.124. The quantitative estimate of drug-likeness (QED) is 0.633. The van der Waals surface area contributed by atoms with E-state index in [2.05, 4.69) is 0 Å². The lowest BCUT2D eigenvalue weighted by Crippen LogP contribution is -2.40.